The number of quaternary nitrogens is 1. The highest BCUT2D eigenvalue weighted by molar-refractivity contribution is 5.36. The first-order valence-corrected chi connectivity index (χ1v) is 8.74. The Morgan fingerprint density at radius 3 is 2.62 bits per heavy atom. The molecular formula is C17H23F3N5O+. The number of alkyl halides is 3. The summed E-state index contributed by atoms with van der Waals surface area (Å²) in [6.07, 6.45) is -3.56. The first kappa shape index (κ1) is 18.8. The smallest absolute Gasteiger partial charge is 0.370 e. The van der Waals surface area contributed by atoms with E-state index in [1.165, 1.54) is 15.6 Å². The molecule has 1 fully saturated rings. The molecule has 3 rings (SSSR count). The van der Waals surface area contributed by atoms with Crippen LogP contribution in [-0.2, 0) is 10.9 Å². The number of aromatic nitrogens is 4. The summed E-state index contributed by atoms with van der Waals surface area (Å²) in [5.41, 5.74) is -0.392. The number of morpholine rings is 1. The van der Waals surface area contributed by atoms with Crippen molar-refractivity contribution in [1.29, 1.82) is 0 Å². The van der Waals surface area contributed by atoms with E-state index < -0.39 is 11.7 Å². The summed E-state index contributed by atoms with van der Waals surface area (Å²) >= 11 is 0. The molecule has 1 saturated heterocycles. The van der Waals surface area contributed by atoms with Crippen molar-refractivity contribution in [3.05, 3.63) is 35.7 Å². The molecule has 0 aliphatic carbocycles. The summed E-state index contributed by atoms with van der Waals surface area (Å²) < 4.78 is 46.0. The van der Waals surface area contributed by atoms with Crippen molar-refractivity contribution in [2.75, 3.05) is 26.3 Å². The number of nitrogens with zero attached hydrogens (tertiary/aromatic N) is 4. The summed E-state index contributed by atoms with van der Waals surface area (Å²) in [6.45, 7) is 7.21. The minimum absolute atomic E-state index is 0.00319. The lowest BCUT2D eigenvalue weighted by Gasteiger charge is -2.31. The Balaban J connectivity index is 1.97. The largest absolute Gasteiger partial charge is 0.416 e. The van der Waals surface area contributed by atoms with Gasteiger partial charge in [0.2, 0.25) is 5.82 Å². The summed E-state index contributed by atoms with van der Waals surface area (Å²) in [5.74, 6) is 0.997. The number of tetrazole rings is 1. The first-order valence-electron chi connectivity index (χ1n) is 8.74. The van der Waals surface area contributed by atoms with Crippen LogP contribution in [-0.4, -0.2) is 46.5 Å². The summed E-state index contributed by atoms with van der Waals surface area (Å²) in [6, 6.07) is 5.11. The van der Waals surface area contributed by atoms with Gasteiger partial charge in [-0.25, -0.2) is 0 Å². The Labute approximate surface area is 149 Å². The van der Waals surface area contributed by atoms with Crippen molar-refractivity contribution in [3.8, 4) is 5.69 Å². The zero-order valence-electron chi connectivity index (χ0n) is 14.8. The third-order valence-corrected chi connectivity index (χ3v) is 4.56. The molecule has 9 heteroatoms. The van der Waals surface area contributed by atoms with Gasteiger partial charge in [0.05, 0.1) is 24.5 Å². The van der Waals surface area contributed by atoms with Gasteiger partial charge < -0.3 is 9.64 Å². The van der Waals surface area contributed by atoms with Crippen LogP contribution in [0.2, 0.25) is 0 Å². The lowest BCUT2D eigenvalue weighted by Crippen LogP contribution is -3.14. The number of nitrogens with one attached hydrogen (secondary N) is 1. The molecule has 0 saturated carbocycles. The van der Waals surface area contributed by atoms with Crippen molar-refractivity contribution < 1.29 is 22.8 Å². The maximum Gasteiger partial charge on any atom is 0.416 e. The molecule has 1 atom stereocenters. The number of hydrogen-bond acceptors (Lipinski definition) is 4. The van der Waals surface area contributed by atoms with E-state index in [-0.39, 0.29) is 6.04 Å². The average molecular weight is 370 g/mol. The number of halogens is 3. The van der Waals surface area contributed by atoms with E-state index in [2.05, 4.69) is 29.4 Å². The van der Waals surface area contributed by atoms with Gasteiger partial charge in [-0.05, 0) is 34.5 Å². The molecule has 1 aliphatic rings. The van der Waals surface area contributed by atoms with Crippen LogP contribution in [0.4, 0.5) is 13.2 Å². The maximum absolute atomic E-state index is 13.1. The van der Waals surface area contributed by atoms with Crippen molar-refractivity contribution in [2.24, 2.45) is 5.92 Å². The molecule has 1 aromatic carbocycles. The first-order chi connectivity index (χ1) is 12.4. The lowest BCUT2D eigenvalue weighted by molar-refractivity contribution is -0.940. The van der Waals surface area contributed by atoms with Gasteiger partial charge >= 0.3 is 6.18 Å². The van der Waals surface area contributed by atoms with Crippen LogP contribution in [0.25, 0.3) is 5.69 Å². The van der Waals surface area contributed by atoms with Gasteiger partial charge in [-0.3, -0.25) is 0 Å². The maximum atomic E-state index is 13.1. The van der Waals surface area contributed by atoms with Crippen LogP contribution in [0.15, 0.2) is 24.3 Å². The minimum atomic E-state index is -4.41. The standard InChI is InChI=1S/C17H22F3N5O/c1-12(2)10-15(24-6-8-26-9-7-24)16-21-22-23-25(16)14-5-3-4-13(11-14)17(18,19)20/h3-5,11-12,15H,6-10H2,1-2H3/p+1/t15-/m0/s1. The van der Waals surface area contributed by atoms with E-state index in [1.54, 1.807) is 6.07 Å². The highest BCUT2D eigenvalue weighted by Gasteiger charge is 2.34. The molecule has 1 aliphatic heterocycles. The summed E-state index contributed by atoms with van der Waals surface area (Å²) in [4.78, 5) is 1.30. The van der Waals surface area contributed by atoms with Crippen LogP contribution in [0.3, 0.4) is 0 Å². The van der Waals surface area contributed by atoms with E-state index in [1.807, 2.05) is 0 Å². The quantitative estimate of drug-likeness (QED) is 0.870. The molecule has 6 nitrogen and oxygen atoms in total. The minimum Gasteiger partial charge on any atom is -0.370 e. The molecular weight excluding hydrogens is 347 g/mol. The summed E-state index contributed by atoms with van der Waals surface area (Å²) in [5, 5.41) is 11.9. The molecule has 0 amide bonds. The fourth-order valence-electron chi connectivity index (χ4n) is 3.32. The zero-order valence-corrected chi connectivity index (χ0v) is 14.8. The molecule has 0 spiro atoms. The molecule has 0 bridgehead atoms. The molecule has 26 heavy (non-hydrogen) atoms. The van der Waals surface area contributed by atoms with E-state index in [0.717, 1.165) is 31.6 Å². The Bertz CT molecular complexity index is 725. The van der Waals surface area contributed by atoms with Gasteiger partial charge in [0.25, 0.3) is 0 Å². The average Bonchev–Trinajstić information content (AvgIpc) is 3.09. The second-order valence-corrected chi connectivity index (χ2v) is 6.95. The zero-order chi connectivity index (χ0) is 18.7. The number of hydrogen-bond donors (Lipinski definition) is 1. The SMILES string of the molecule is CC(C)C[C@@H](c1nnnn1-c1cccc(C(F)(F)F)c1)[NH+]1CCOCC1. The predicted molar refractivity (Wildman–Crippen MR) is 87.9 cm³/mol. The van der Waals surface area contributed by atoms with E-state index >= 15 is 0 Å². The van der Waals surface area contributed by atoms with Crippen LogP contribution < -0.4 is 4.90 Å². The molecule has 1 N–H and O–H groups in total. The molecule has 2 aromatic rings. The van der Waals surface area contributed by atoms with Crippen LogP contribution in [0, 0.1) is 5.92 Å². The third kappa shape index (κ3) is 4.21. The van der Waals surface area contributed by atoms with Gasteiger partial charge in [-0.1, -0.05) is 19.9 Å². The second-order valence-electron chi connectivity index (χ2n) is 6.95. The van der Waals surface area contributed by atoms with Gasteiger partial charge in [-0.2, -0.15) is 17.9 Å². The topological polar surface area (TPSA) is 57.3 Å². The lowest BCUT2D eigenvalue weighted by atomic mass is 10.0. The molecule has 0 radical (unpaired) electrons. The van der Waals surface area contributed by atoms with Crippen molar-refractivity contribution >= 4 is 0 Å². The fraction of sp³-hybridized carbons (Fsp3) is 0.588. The Morgan fingerprint density at radius 2 is 1.96 bits per heavy atom. The Hall–Kier alpha value is -2.00. The number of rotatable bonds is 5. The van der Waals surface area contributed by atoms with Gasteiger partial charge in [0.1, 0.15) is 13.1 Å². The third-order valence-electron chi connectivity index (χ3n) is 4.56. The molecule has 1 aromatic heterocycles. The van der Waals surface area contributed by atoms with Gasteiger partial charge in [0, 0.05) is 6.42 Å². The van der Waals surface area contributed by atoms with Crippen LogP contribution >= 0.6 is 0 Å². The highest BCUT2D eigenvalue weighted by atomic mass is 19.4. The molecule has 142 valence electrons. The van der Waals surface area contributed by atoms with E-state index in [0.29, 0.717) is 30.6 Å². The van der Waals surface area contributed by atoms with Crippen molar-refractivity contribution in [2.45, 2.75) is 32.5 Å². The van der Waals surface area contributed by atoms with Crippen molar-refractivity contribution in [3.63, 3.8) is 0 Å². The Morgan fingerprint density at radius 1 is 1.23 bits per heavy atom. The second kappa shape index (κ2) is 7.71. The van der Waals surface area contributed by atoms with Gasteiger partial charge in [0.15, 0.2) is 6.04 Å². The van der Waals surface area contributed by atoms with E-state index in [9.17, 15) is 13.2 Å². The van der Waals surface area contributed by atoms with Crippen molar-refractivity contribution in [1.82, 2.24) is 20.2 Å². The monoisotopic (exact) mass is 370 g/mol. The highest BCUT2D eigenvalue weighted by Crippen LogP contribution is 2.30. The van der Waals surface area contributed by atoms with Crippen LogP contribution in [0.5, 0.6) is 0 Å². The normalized spacial score (nSPS) is 17.6. The number of benzene rings is 1. The predicted octanol–water partition coefficient (Wildman–Crippen LogP) is 1.68. The molecule has 2 heterocycles. The van der Waals surface area contributed by atoms with Crippen LogP contribution in [0.1, 0.15) is 37.7 Å². The summed E-state index contributed by atoms with van der Waals surface area (Å²) in [7, 11) is 0. The Kier molecular flexibility index (Phi) is 5.57. The van der Waals surface area contributed by atoms with Gasteiger partial charge in [-0.15, -0.1) is 5.10 Å². The fourth-order valence-corrected chi connectivity index (χ4v) is 3.32. The molecule has 0 unspecified atom stereocenters. The van der Waals surface area contributed by atoms with E-state index in [4.69, 9.17) is 4.74 Å². The number of ether oxygens (including phenoxy) is 1.